The largest absolute Gasteiger partial charge is 0.491 e. The summed E-state index contributed by atoms with van der Waals surface area (Å²) in [5, 5.41) is 12.9. The van der Waals surface area contributed by atoms with Gasteiger partial charge in [-0.3, -0.25) is 0 Å². The summed E-state index contributed by atoms with van der Waals surface area (Å²) in [6.07, 6.45) is 5.04. The van der Waals surface area contributed by atoms with Gasteiger partial charge in [0.1, 0.15) is 0 Å². The second-order valence-corrected chi connectivity index (χ2v) is 7.58. The molecule has 0 bridgehead atoms. The fourth-order valence-electron chi connectivity index (χ4n) is 2.35. The maximum absolute atomic E-state index is 11.5. The number of nitrogens with zero attached hydrogens (tertiary/aromatic N) is 2. The van der Waals surface area contributed by atoms with Gasteiger partial charge in [0.05, 0.1) is 11.2 Å². The third-order valence-corrected chi connectivity index (χ3v) is 5.02. The summed E-state index contributed by atoms with van der Waals surface area (Å²) < 4.78 is 12.1. The molecule has 7 nitrogen and oxygen atoms in total. The number of rotatable bonds is 6. The van der Waals surface area contributed by atoms with Gasteiger partial charge in [-0.15, -0.1) is 0 Å². The van der Waals surface area contributed by atoms with Crippen LogP contribution in [-0.4, -0.2) is 59.2 Å². The van der Waals surface area contributed by atoms with Crippen LogP contribution < -0.4 is 5.32 Å². The fraction of sp³-hybridized carbons (Fsp3) is 0.562. The number of carboxylic acids is 1. The van der Waals surface area contributed by atoms with Crippen LogP contribution in [0.3, 0.4) is 0 Å². The molecule has 2 N–H and O–H groups in total. The lowest BCUT2D eigenvalue weighted by Crippen LogP contribution is -2.41. The van der Waals surface area contributed by atoms with E-state index in [0.29, 0.717) is 17.3 Å². The summed E-state index contributed by atoms with van der Waals surface area (Å²) in [5.74, 6) is -1.10. The number of hydrogen-bond donors (Lipinski definition) is 2. The van der Waals surface area contributed by atoms with Gasteiger partial charge in [0, 0.05) is 18.3 Å². The van der Waals surface area contributed by atoms with Crippen LogP contribution in [0.1, 0.15) is 43.7 Å². The molecule has 0 amide bonds. The normalized spacial score (nSPS) is 19.3. The summed E-state index contributed by atoms with van der Waals surface area (Å²) in [4.78, 5) is 19.8. The minimum absolute atomic E-state index is 0.0375. The third-order valence-electron chi connectivity index (χ3n) is 4.46. The van der Waals surface area contributed by atoms with Crippen molar-refractivity contribution in [1.82, 2.24) is 15.3 Å². The molecule has 0 aromatic carbocycles. The number of nitrogens with one attached hydrogen (secondary N) is 1. The zero-order valence-corrected chi connectivity index (χ0v) is 16.2. The number of aromatic nitrogens is 2. The molecule has 136 valence electrons. The van der Waals surface area contributed by atoms with E-state index in [-0.39, 0.29) is 5.69 Å². The zero-order valence-electron chi connectivity index (χ0n) is 15.4. The highest BCUT2D eigenvalue weighted by atomic mass is 32.2. The van der Waals surface area contributed by atoms with E-state index in [9.17, 15) is 9.90 Å². The Morgan fingerprint density at radius 3 is 2.44 bits per heavy atom. The molecule has 2 heterocycles. The van der Waals surface area contributed by atoms with E-state index in [4.69, 9.17) is 9.31 Å². The Hall–Kier alpha value is -1.42. The van der Waals surface area contributed by atoms with Crippen LogP contribution in [0.2, 0.25) is 0 Å². The molecule has 1 aliphatic rings. The molecule has 1 aromatic heterocycles. The molecule has 9 heteroatoms. The standard InChI is InChI=1S/C16H24BN3O4S/c1-15(2)16(3,4)24-17(23-15)11(9-18-5)7-10-8-19-14(25-6)20-12(10)13(21)22/h7-8,18H,9H2,1-6H3,(H,21,22). The number of thioether (sulfide) groups is 1. The second kappa shape index (κ2) is 7.45. The Balaban J connectivity index is 2.43. The number of carbonyl (C=O) groups is 1. The first-order chi connectivity index (χ1) is 11.6. The minimum Gasteiger partial charge on any atom is -0.476 e. The van der Waals surface area contributed by atoms with Crippen molar-refractivity contribution < 1.29 is 19.2 Å². The fourth-order valence-corrected chi connectivity index (χ4v) is 2.69. The van der Waals surface area contributed by atoms with Crippen LogP contribution in [0.5, 0.6) is 0 Å². The second-order valence-electron chi connectivity index (χ2n) is 6.80. The van der Waals surface area contributed by atoms with E-state index >= 15 is 0 Å². The van der Waals surface area contributed by atoms with Crippen molar-refractivity contribution in [3.63, 3.8) is 0 Å². The topological polar surface area (TPSA) is 93.6 Å². The van der Waals surface area contributed by atoms with Crippen LogP contribution in [0.15, 0.2) is 16.8 Å². The lowest BCUT2D eigenvalue weighted by atomic mass is 9.77. The van der Waals surface area contributed by atoms with Gasteiger partial charge in [-0.05, 0) is 46.5 Å². The van der Waals surface area contributed by atoms with Crippen LogP contribution in [0.25, 0.3) is 6.08 Å². The molecule has 1 aromatic rings. The van der Waals surface area contributed by atoms with Crippen molar-refractivity contribution >= 4 is 30.9 Å². The van der Waals surface area contributed by atoms with Gasteiger partial charge < -0.3 is 19.7 Å². The number of hydrogen-bond acceptors (Lipinski definition) is 7. The molecule has 2 rings (SSSR count). The smallest absolute Gasteiger partial charge is 0.476 e. The van der Waals surface area contributed by atoms with Crippen LogP contribution in [-0.2, 0) is 9.31 Å². The average Bonchev–Trinajstić information content (AvgIpc) is 2.75. The molecule has 0 saturated carbocycles. The van der Waals surface area contributed by atoms with Crippen molar-refractivity contribution in [3.05, 3.63) is 22.9 Å². The van der Waals surface area contributed by atoms with E-state index in [2.05, 4.69) is 15.3 Å². The Morgan fingerprint density at radius 2 is 1.96 bits per heavy atom. The van der Waals surface area contributed by atoms with Crippen LogP contribution in [0, 0.1) is 0 Å². The first-order valence-corrected chi connectivity index (χ1v) is 9.19. The minimum atomic E-state index is -1.10. The molecule has 1 fully saturated rings. The van der Waals surface area contributed by atoms with Crippen molar-refractivity contribution in [2.75, 3.05) is 19.8 Å². The lowest BCUT2D eigenvalue weighted by molar-refractivity contribution is 0.00578. The third kappa shape index (κ3) is 4.23. The number of carboxylic acid groups (broad SMARTS) is 1. The predicted octanol–water partition coefficient (Wildman–Crippen LogP) is 2.13. The zero-order chi connectivity index (χ0) is 18.8. The molecule has 25 heavy (non-hydrogen) atoms. The molecular formula is C16H24BN3O4S. The van der Waals surface area contributed by atoms with Gasteiger partial charge in [0.15, 0.2) is 10.9 Å². The van der Waals surface area contributed by atoms with E-state index in [1.807, 2.05) is 34.7 Å². The molecule has 1 aliphatic heterocycles. The first kappa shape index (κ1) is 19.9. The maximum Gasteiger partial charge on any atom is 0.491 e. The summed E-state index contributed by atoms with van der Waals surface area (Å²) >= 11 is 1.30. The molecule has 0 unspecified atom stereocenters. The van der Waals surface area contributed by atoms with Crippen molar-refractivity contribution in [2.24, 2.45) is 0 Å². The maximum atomic E-state index is 11.5. The summed E-state index contributed by atoms with van der Waals surface area (Å²) in [7, 11) is 1.24. The molecule has 0 atom stereocenters. The van der Waals surface area contributed by atoms with Crippen molar-refractivity contribution in [3.8, 4) is 0 Å². The summed E-state index contributed by atoms with van der Waals surface area (Å²) in [5.41, 5.74) is 0.220. The molecule has 0 spiro atoms. The molecule has 0 radical (unpaired) electrons. The average molecular weight is 365 g/mol. The first-order valence-electron chi connectivity index (χ1n) is 7.96. The van der Waals surface area contributed by atoms with Crippen molar-refractivity contribution in [2.45, 2.75) is 44.1 Å². The van der Waals surface area contributed by atoms with Crippen LogP contribution >= 0.6 is 11.8 Å². The van der Waals surface area contributed by atoms with Crippen LogP contribution in [0.4, 0.5) is 0 Å². The summed E-state index contributed by atoms with van der Waals surface area (Å²) in [6, 6.07) is 0. The monoisotopic (exact) mass is 365 g/mol. The van der Waals surface area contributed by atoms with E-state index in [0.717, 1.165) is 5.47 Å². The Kier molecular flexibility index (Phi) is 5.93. The van der Waals surface area contributed by atoms with Gasteiger partial charge >= 0.3 is 13.1 Å². The van der Waals surface area contributed by atoms with Gasteiger partial charge in [-0.25, -0.2) is 14.8 Å². The van der Waals surface area contributed by atoms with Crippen molar-refractivity contribution in [1.29, 1.82) is 0 Å². The van der Waals surface area contributed by atoms with Gasteiger partial charge in [0.25, 0.3) is 0 Å². The highest BCUT2D eigenvalue weighted by Crippen LogP contribution is 2.38. The van der Waals surface area contributed by atoms with Gasteiger partial charge in [-0.1, -0.05) is 17.8 Å². The number of aromatic carboxylic acids is 1. The lowest BCUT2D eigenvalue weighted by Gasteiger charge is -2.32. The highest BCUT2D eigenvalue weighted by Gasteiger charge is 2.52. The Bertz CT molecular complexity index is 678. The molecular weight excluding hydrogens is 341 g/mol. The van der Waals surface area contributed by atoms with E-state index in [1.54, 1.807) is 12.3 Å². The SMILES string of the molecule is CNCC(=Cc1cnc(SC)nc1C(=O)O)B1OC(C)(C)C(C)(C)O1. The van der Waals surface area contributed by atoms with Gasteiger partial charge in [0.2, 0.25) is 0 Å². The molecule has 0 aliphatic carbocycles. The summed E-state index contributed by atoms with van der Waals surface area (Å²) in [6.45, 7) is 8.39. The number of likely N-dealkylation sites (N-methyl/N-ethyl adjacent to an activating group) is 1. The molecule has 1 saturated heterocycles. The predicted molar refractivity (Wildman–Crippen MR) is 98.8 cm³/mol. The highest BCUT2D eigenvalue weighted by molar-refractivity contribution is 7.98. The quantitative estimate of drug-likeness (QED) is 0.450. The van der Waals surface area contributed by atoms with E-state index in [1.165, 1.54) is 18.0 Å². The Morgan fingerprint density at radius 1 is 1.36 bits per heavy atom. The van der Waals surface area contributed by atoms with E-state index < -0.39 is 24.3 Å². The van der Waals surface area contributed by atoms with Gasteiger partial charge in [-0.2, -0.15) is 0 Å². The Labute approximate surface area is 152 Å².